The van der Waals surface area contributed by atoms with Crippen LogP contribution in [0.15, 0.2) is 16.8 Å². The normalized spacial score (nSPS) is 22.5. The molecule has 1 unspecified atom stereocenters. The Balaban J connectivity index is 1.77. The van der Waals surface area contributed by atoms with Crippen molar-refractivity contribution in [2.75, 3.05) is 19.6 Å². The number of carbonyl (C=O) groups excluding carboxylic acids is 1. The third kappa shape index (κ3) is 3.26. The maximum Gasteiger partial charge on any atom is 0.317 e. The molecule has 1 aliphatic rings. The molecule has 1 aliphatic heterocycles. The molecule has 2 amide bonds. The van der Waals surface area contributed by atoms with E-state index in [9.17, 15) is 9.59 Å². The first kappa shape index (κ1) is 13.9. The molecule has 1 fully saturated rings. The smallest absolute Gasteiger partial charge is 0.317 e. The molecule has 0 spiro atoms. The van der Waals surface area contributed by atoms with Crippen LogP contribution in [0.25, 0.3) is 0 Å². The summed E-state index contributed by atoms with van der Waals surface area (Å²) in [7, 11) is 0. The molecular weight excluding hydrogens is 264 g/mol. The second-order valence-electron chi connectivity index (χ2n) is 5.15. The Morgan fingerprint density at radius 1 is 1.58 bits per heavy atom. The second kappa shape index (κ2) is 5.61. The van der Waals surface area contributed by atoms with E-state index in [1.54, 1.807) is 23.2 Å². The van der Waals surface area contributed by atoms with E-state index in [0.29, 0.717) is 19.5 Å². The van der Waals surface area contributed by atoms with Crippen molar-refractivity contribution in [3.8, 4) is 0 Å². The lowest BCUT2D eigenvalue weighted by Gasteiger charge is -2.20. The lowest BCUT2D eigenvalue weighted by atomic mass is 9.90. The van der Waals surface area contributed by atoms with Crippen molar-refractivity contribution in [2.45, 2.75) is 19.8 Å². The van der Waals surface area contributed by atoms with Crippen LogP contribution in [0, 0.1) is 5.41 Å². The minimum absolute atomic E-state index is 0.166. The molecule has 1 atom stereocenters. The van der Waals surface area contributed by atoms with E-state index in [1.807, 2.05) is 11.4 Å². The fourth-order valence-corrected chi connectivity index (χ4v) is 2.87. The first-order valence-electron chi connectivity index (χ1n) is 6.28. The number of urea groups is 1. The molecule has 0 saturated carbocycles. The van der Waals surface area contributed by atoms with Crippen LogP contribution < -0.4 is 5.32 Å². The standard InChI is InChI=1S/C13H18N2O3S/c1-13(11(16)17)4-6-15(9-13)12(18)14-5-2-10-3-7-19-8-10/h3,7-8H,2,4-6,9H2,1H3,(H,14,18)(H,16,17). The van der Waals surface area contributed by atoms with Crippen LogP contribution in [0.4, 0.5) is 4.79 Å². The SMILES string of the molecule is CC1(C(=O)O)CCN(C(=O)NCCc2ccsc2)C1. The van der Waals surface area contributed by atoms with Crippen LogP contribution in [0.3, 0.4) is 0 Å². The maximum absolute atomic E-state index is 11.9. The third-order valence-corrected chi connectivity index (χ3v) is 4.28. The van der Waals surface area contributed by atoms with Gasteiger partial charge in [0.15, 0.2) is 0 Å². The van der Waals surface area contributed by atoms with Gasteiger partial charge in [0.25, 0.3) is 0 Å². The molecule has 2 rings (SSSR count). The van der Waals surface area contributed by atoms with Crippen molar-refractivity contribution in [1.82, 2.24) is 10.2 Å². The fourth-order valence-electron chi connectivity index (χ4n) is 2.17. The number of nitrogens with zero attached hydrogens (tertiary/aromatic N) is 1. The number of amides is 2. The summed E-state index contributed by atoms with van der Waals surface area (Å²) in [5.74, 6) is -0.832. The van der Waals surface area contributed by atoms with Crippen LogP contribution >= 0.6 is 11.3 Å². The number of aliphatic carboxylic acids is 1. The van der Waals surface area contributed by atoms with Gasteiger partial charge in [-0.15, -0.1) is 0 Å². The molecule has 0 bridgehead atoms. The summed E-state index contributed by atoms with van der Waals surface area (Å²) in [5.41, 5.74) is 0.409. The molecule has 0 aliphatic carbocycles. The summed E-state index contributed by atoms with van der Waals surface area (Å²) in [6.07, 6.45) is 1.32. The summed E-state index contributed by atoms with van der Waals surface area (Å²) in [6, 6.07) is 1.87. The number of hydrogen-bond acceptors (Lipinski definition) is 3. The summed E-state index contributed by atoms with van der Waals surface area (Å²) in [4.78, 5) is 24.6. The number of thiophene rings is 1. The van der Waals surface area contributed by atoms with Gasteiger partial charge in [-0.25, -0.2) is 4.79 Å². The van der Waals surface area contributed by atoms with Gasteiger partial charge in [-0.1, -0.05) is 0 Å². The molecule has 0 radical (unpaired) electrons. The topological polar surface area (TPSA) is 69.6 Å². The number of carbonyl (C=O) groups is 2. The molecular formula is C13H18N2O3S. The average Bonchev–Trinajstić information content (AvgIpc) is 2.99. The van der Waals surface area contributed by atoms with Crippen molar-refractivity contribution in [1.29, 1.82) is 0 Å². The van der Waals surface area contributed by atoms with Gasteiger partial charge in [0.2, 0.25) is 0 Å². The van der Waals surface area contributed by atoms with Gasteiger partial charge in [-0.3, -0.25) is 4.79 Å². The van der Waals surface area contributed by atoms with E-state index in [0.717, 1.165) is 6.42 Å². The van der Waals surface area contributed by atoms with Crippen molar-refractivity contribution in [3.63, 3.8) is 0 Å². The predicted molar refractivity (Wildman–Crippen MR) is 73.4 cm³/mol. The summed E-state index contributed by atoms with van der Waals surface area (Å²) in [5, 5.41) is 16.0. The number of carboxylic acids is 1. The molecule has 0 aromatic carbocycles. The highest BCUT2D eigenvalue weighted by Crippen LogP contribution is 2.29. The van der Waals surface area contributed by atoms with Gasteiger partial charge >= 0.3 is 12.0 Å². The first-order valence-corrected chi connectivity index (χ1v) is 7.23. The Morgan fingerprint density at radius 2 is 2.37 bits per heavy atom. The van der Waals surface area contributed by atoms with Gasteiger partial charge in [0, 0.05) is 19.6 Å². The van der Waals surface area contributed by atoms with E-state index in [1.165, 1.54) is 5.56 Å². The van der Waals surface area contributed by atoms with E-state index in [2.05, 4.69) is 10.7 Å². The Morgan fingerprint density at radius 3 is 2.95 bits per heavy atom. The van der Waals surface area contributed by atoms with Gasteiger partial charge < -0.3 is 15.3 Å². The Bertz CT molecular complexity index is 460. The van der Waals surface area contributed by atoms with E-state index in [4.69, 9.17) is 5.11 Å². The van der Waals surface area contributed by atoms with E-state index < -0.39 is 11.4 Å². The van der Waals surface area contributed by atoms with E-state index >= 15 is 0 Å². The monoisotopic (exact) mass is 282 g/mol. The Kier molecular flexibility index (Phi) is 4.09. The van der Waals surface area contributed by atoms with Crippen LogP contribution in [-0.2, 0) is 11.2 Å². The highest BCUT2D eigenvalue weighted by atomic mass is 32.1. The quantitative estimate of drug-likeness (QED) is 0.884. The molecule has 1 aromatic rings. The van der Waals surface area contributed by atoms with E-state index in [-0.39, 0.29) is 12.6 Å². The number of likely N-dealkylation sites (tertiary alicyclic amines) is 1. The van der Waals surface area contributed by atoms with Gasteiger partial charge in [-0.05, 0) is 42.2 Å². The van der Waals surface area contributed by atoms with Crippen LogP contribution in [-0.4, -0.2) is 41.6 Å². The number of hydrogen-bond donors (Lipinski definition) is 2. The predicted octanol–water partition coefficient (Wildman–Crippen LogP) is 1.80. The maximum atomic E-state index is 11.9. The van der Waals surface area contributed by atoms with Crippen LogP contribution in [0.5, 0.6) is 0 Å². The molecule has 104 valence electrons. The summed E-state index contributed by atoms with van der Waals surface area (Å²) in [6.45, 7) is 3.06. The van der Waals surface area contributed by atoms with Gasteiger partial charge in [0.05, 0.1) is 5.41 Å². The largest absolute Gasteiger partial charge is 0.481 e. The number of rotatable bonds is 4. The number of nitrogens with one attached hydrogen (secondary N) is 1. The minimum atomic E-state index is -0.832. The lowest BCUT2D eigenvalue weighted by Crippen LogP contribution is -2.41. The third-order valence-electron chi connectivity index (χ3n) is 3.55. The molecule has 2 N–H and O–H groups in total. The van der Waals surface area contributed by atoms with Crippen LogP contribution in [0.2, 0.25) is 0 Å². The second-order valence-corrected chi connectivity index (χ2v) is 5.93. The van der Waals surface area contributed by atoms with Crippen LogP contribution in [0.1, 0.15) is 18.9 Å². The van der Waals surface area contributed by atoms with Gasteiger partial charge in [-0.2, -0.15) is 11.3 Å². The van der Waals surface area contributed by atoms with Gasteiger partial charge in [0.1, 0.15) is 0 Å². The van der Waals surface area contributed by atoms with Crippen molar-refractivity contribution >= 4 is 23.3 Å². The first-order chi connectivity index (χ1) is 9.01. The zero-order chi connectivity index (χ0) is 13.9. The molecule has 19 heavy (non-hydrogen) atoms. The lowest BCUT2D eigenvalue weighted by molar-refractivity contribution is -0.146. The minimum Gasteiger partial charge on any atom is -0.481 e. The van der Waals surface area contributed by atoms with Crippen molar-refractivity contribution in [3.05, 3.63) is 22.4 Å². The highest BCUT2D eigenvalue weighted by molar-refractivity contribution is 7.07. The Hall–Kier alpha value is -1.56. The fraction of sp³-hybridized carbons (Fsp3) is 0.538. The molecule has 5 nitrogen and oxygen atoms in total. The zero-order valence-electron chi connectivity index (χ0n) is 10.9. The average molecular weight is 282 g/mol. The molecule has 6 heteroatoms. The summed E-state index contributed by atoms with van der Waals surface area (Å²) >= 11 is 1.64. The zero-order valence-corrected chi connectivity index (χ0v) is 11.7. The van der Waals surface area contributed by atoms with Crippen molar-refractivity contribution in [2.24, 2.45) is 5.41 Å². The number of carboxylic acid groups (broad SMARTS) is 1. The highest BCUT2D eigenvalue weighted by Gasteiger charge is 2.42. The Labute approximate surface area is 116 Å². The molecule has 1 aromatic heterocycles. The summed E-state index contributed by atoms with van der Waals surface area (Å²) < 4.78 is 0. The van der Waals surface area contributed by atoms with Crippen molar-refractivity contribution < 1.29 is 14.7 Å². The molecule has 2 heterocycles. The molecule has 1 saturated heterocycles.